The van der Waals surface area contributed by atoms with Gasteiger partial charge in [-0.2, -0.15) is 4.57 Å². The van der Waals surface area contributed by atoms with Crippen molar-refractivity contribution in [1.29, 1.82) is 0 Å². The van der Waals surface area contributed by atoms with Gasteiger partial charge in [-0.15, -0.1) is 0 Å². The van der Waals surface area contributed by atoms with Crippen LogP contribution in [0.1, 0.15) is 31.5 Å². The summed E-state index contributed by atoms with van der Waals surface area (Å²) in [5.41, 5.74) is 7.19. The Morgan fingerprint density at radius 3 is 2.68 bits per heavy atom. The summed E-state index contributed by atoms with van der Waals surface area (Å²) in [6, 6.07) is 11.3. The number of hydrogen-bond donors (Lipinski definition) is 0. The number of pyridine rings is 1. The third kappa shape index (κ3) is 1.96. The van der Waals surface area contributed by atoms with Gasteiger partial charge >= 0.3 is 0 Å². The van der Waals surface area contributed by atoms with E-state index in [-0.39, 0.29) is 0 Å². The predicted molar refractivity (Wildman–Crippen MR) is 92.1 cm³/mol. The van der Waals surface area contributed by atoms with E-state index in [4.69, 9.17) is 2.74 Å². The zero-order chi connectivity index (χ0) is 17.0. The summed E-state index contributed by atoms with van der Waals surface area (Å²) in [4.78, 5) is 0. The van der Waals surface area contributed by atoms with E-state index in [2.05, 4.69) is 36.7 Å². The van der Waals surface area contributed by atoms with Crippen molar-refractivity contribution in [2.75, 3.05) is 0 Å². The van der Waals surface area contributed by atoms with Crippen LogP contribution in [0.15, 0.2) is 42.4 Å². The Morgan fingerprint density at radius 2 is 1.86 bits per heavy atom. The van der Waals surface area contributed by atoms with Crippen molar-refractivity contribution >= 4 is 10.8 Å². The van der Waals surface area contributed by atoms with Crippen LogP contribution in [0.3, 0.4) is 0 Å². The number of nitrogens with zero attached hydrogens (tertiary/aromatic N) is 1. The van der Waals surface area contributed by atoms with Crippen molar-refractivity contribution in [2.24, 2.45) is 7.05 Å². The molecule has 0 bridgehead atoms. The lowest BCUT2D eigenvalue weighted by atomic mass is 9.96. The molecule has 2 aromatic carbocycles. The molecular weight excluding hydrogens is 266 g/mol. The molecule has 0 saturated carbocycles. The Kier molecular flexibility index (Phi) is 2.57. The molecule has 1 heterocycles. The number of fused-ring (bicyclic) bond motifs is 2. The van der Waals surface area contributed by atoms with Crippen LogP contribution in [0.5, 0.6) is 0 Å². The van der Waals surface area contributed by atoms with E-state index in [1.165, 1.54) is 40.4 Å². The van der Waals surface area contributed by atoms with Gasteiger partial charge in [0.05, 0.1) is 8.13 Å². The molecule has 0 amide bonds. The molecule has 0 atom stereocenters. The molecule has 0 unspecified atom stereocenters. The van der Waals surface area contributed by atoms with E-state index in [1.807, 2.05) is 13.0 Å². The first-order chi connectivity index (χ1) is 11.5. The van der Waals surface area contributed by atoms with Gasteiger partial charge in [-0.05, 0) is 60.4 Å². The lowest BCUT2D eigenvalue weighted by molar-refractivity contribution is -0.665. The second-order valence-electron chi connectivity index (χ2n) is 6.39. The number of hydrogen-bond acceptors (Lipinski definition) is 0. The molecule has 4 rings (SSSR count). The van der Waals surface area contributed by atoms with Crippen LogP contribution < -0.4 is 4.57 Å². The van der Waals surface area contributed by atoms with E-state index < -0.39 is 0 Å². The van der Waals surface area contributed by atoms with Crippen molar-refractivity contribution < 1.29 is 7.31 Å². The minimum atomic E-state index is 0.399. The Bertz CT molecular complexity index is 989. The summed E-state index contributed by atoms with van der Waals surface area (Å²) in [5, 5.41) is 2.50. The van der Waals surface area contributed by atoms with Gasteiger partial charge in [0, 0.05) is 18.6 Å². The molecule has 1 aliphatic rings. The molecule has 1 aliphatic carbocycles. The van der Waals surface area contributed by atoms with Crippen LogP contribution in [0.25, 0.3) is 22.0 Å². The van der Waals surface area contributed by atoms with Crippen LogP contribution in [0.4, 0.5) is 0 Å². The minimum absolute atomic E-state index is 0.399. The van der Waals surface area contributed by atoms with Gasteiger partial charge in [0.15, 0.2) is 5.69 Å². The maximum absolute atomic E-state index is 8.18. The standard InChI is InChI=1S/C21H22N/c1-14-7-4-5-10-19(14)21-20-13-17-9-6-8-16(17)12-18(20)11-15(2)22(21)3/h4-5,7,10-13H,6,8-9H2,1-3H3/q+1/i5D,7D. The zero-order valence-electron chi connectivity index (χ0n) is 15.5. The number of aromatic nitrogens is 1. The maximum Gasteiger partial charge on any atom is 0.220 e. The van der Waals surface area contributed by atoms with Gasteiger partial charge < -0.3 is 0 Å². The highest BCUT2D eigenvalue weighted by molar-refractivity contribution is 5.95. The third-order valence-electron chi connectivity index (χ3n) is 5.01. The Morgan fingerprint density at radius 1 is 1.09 bits per heavy atom. The molecule has 1 heteroatoms. The average Bonchev–Trinajstić information content (AvgIpc) is 2.98. The van der Waals surface area contributed by atoms with Crippen LogP contribution >= 0.6 is 0 Å². The van der Waals surface area contributed by atoms with E-state index in [1.54, 1.807) is 6.07 Å². The molecule has 0 spiro atoms. The normalized spacial score (nSPS) is 14.9. The summed E-state index contributed by atoms with van der Waals surface area (Å²) < 4.78 is 18.4. The fraction of sp³-hybridized carbons (Fsp3) is 0.286. The van der Waals surface area contributed by atoms with Crippen LogP contribution in [-0.2, 0) is 19.9 Å². The van der Waals surface area contributed by atoms with Crippen LogP contribution in [0.2, 0.25) is 0 Å². The smallest absolute Gasteiger partial charge is 0.198 e. The lowest BCUT2D eigenvalue weighted by Crippen LogP contribution is -2.35. The topological polar surface area (TPSA) is 3.88 Å². The quantitative estimate of drug-likeness (QED) is 0.583. The summed E-state index contributed by atoms with van der Waals surface area (Å²) in [6.45, 7) is 4.11. The van der Waals surface area contributed by atoms with Crippen molar-refractivity contribution in [1.82, 2.24) is 0 Å². The second-order valence-corrected chi connectivity index (χ2v) is 6.39. The first kappa shape index (κ1) is 11.4. The Hall–Kier alpha value is -2.15. The molecule has 0 fully saturated rings. The second kappa shape index (κ2) is 4.95. The minimum Gasteiger partial charge on any atom is -0.198 e. The van der Waals surface area contributed by atoms with Crippen molar-refractivity contribution in [3.05, 3.63) is 64.8 Å². The van der Waals surface area contributed by atoms with Crippen molar-refractivity contribution in [3.8, 4) is 11.3 Å². The van der Waals surface area contributed by atoms with E-state index in [0.717, 1.165) is 23.2 Å². The number of aryl methyl sites for hydroxylation is 3. The van der Waals surface area contributed by atoms with E-state index >= 15 is 0 Å². The monoisotopic (exact) mass is 290 g/mol. The summed E-state index contributed by atoms with van der Waals surface area (Å²) in [5.74, 6) is 0. The Labute approximate surface area is 135 Å². The summed E-state index contributed by atoms with van der Waals surface area (Å²) in [7, 11) is 2.08. The molecular formula is C21H22N+. The number of benzene rings is 2. The van der Waals surface area contributed by atoms with Gasteiger partial charge in [0.1, 0.15) is 7.05 Å². The maximum atomic E-state index is 8.18. The van der Waals surface area contributed by atoms with Gasteiger partial charge in [-0.3, -0.25) is 0 Å². The fourth-order valence-corrected chi connectivity index (χ4v) is 3.68. The highest BCUT2D eigenvalue weighted by Crippen LogP contribution is 2.33. The van der Waals surface area contributed by atoms with Crippen LogP contribution in [0, 0.1) is 13.8 Å². The van der Waals surface area contributed by atoms with Gasteiger partial charge in [-0.1, -0.05) is 24.2 Å². The molecule has 0 saturated heterocycles. The van der Waals surface area contributed by atoms with Gasteiger partial charge in [0.2, 0.25) is 5.69 Å². The highest BCUT2D eigenvalue weighted by Gasteiger charge is 2.21. The van der Waals surface area contributed by atoms with Crippen molar-refractivity contribution in [2.45, 2.75) is 33.1 Å². The summed E-state index contributed by atoms with van der Waals surface area (Å²) >= 11 is 0. The molecule has 0 radical (unpaired) electrons. The third-order valence-corrected chi connectivity index (χ3v) is 5.01. The summed E-state index contributed by atoms with van der Waals surface area (Å²) in [6.07, 6.45) is 3.58. The molecule has 0 aliphatic heterocycles. The molecule has 22 heavy (non-hydrogen) atoms. The van der Waals surface area contributed by atoms with E-state index in [0.29, 0.717) is 12.1 Å². The highest BCUT2D eigenvalue weighted by atomic mass is 14.9. The lowest BCUT2D eigenvalue weighted by Gasteiger charge is -2.11. The fourth-order valence-electron chi connectivity index (χ4n) is 3.68. The average molecular weight is 290 g/mol. The Balaban J connectivity index is 2.13. The first-order valence-electron chi connectivity index (χ1n) is 8.99. The molecule has 1 aromatic heterocycles. The van der Waals surface area contributed by atoms with Gasteiger partial charge in [0.25, 0.3) is 0 Å². The molecule has 3 aromatic rings. The molecule has 1 nitrogen and oxygen atoms in total. The molecule has 0 N–H and O–H groups in total. The largest absolute Gasteiger partial charge is 0.220 e. The molecule has 110 valence electrons. The van der Waals surface area contributed by atoms with Gasteiger partial charge in [-0.25, -0.2) is 0 Å². The first-order valence-corrected chi connectivity index (χ1v) is 7.99. The van der Waals surface area contributed by atoms with E-state index in [9.17, 15) is 0 Å². The van der Waals surface area contributed by atoms with Crippen molar-refractivity contribution in [3.63, 3.8) is 0 Å². The SMILES string of the molecule is [2H]c1cc([2H])c(C)c(-c2c3cc4c(cc3cc(C)[n+]2C)CCC4)c1. The predicted octanol–water partition coefficient (Wildman–Crippen LogP) is 4.44. The van der Waals surface area contributed by atoms with Crippen LogP contribution in [-0.4, -0.2) is 0 Å². The number of rotatable bonds is 1. The zero-order valence-corrected chi connectivity index (χ0v) is 13.5.